The maximum Gasteiger partial charge on any atom is 0.438 e. The summed E-state index contributed by atoms with van der Waals surface area (Å²) in [5.41, 5.74) is -1.49. The van der Waals surface area contributed by atoms with E-state index in [1.54, 1.807) is 0 Å². The number of aliphatic hydroxyl groups is 1. The van der Waals surface area contributed by atoms with Crippen molar-refractivity contribution in [1.82, 2.24) is 10.4 Å². The molecule has 0 aliphatic carbocycles. The highest BCUT2D eigenvalue weighted by molar-refractivity contribution is 5.95. The lowest BCUT2D eigenvalue weighted by Crippen LogP contribution is -2.59. The summed E-state index contributed by atoms with van der Waals surface area (Å²) in [7, 11) is 2.68. The fourth-order valence-corrected chi connectivity index (χ4v) is 2.17. The molecule has 0 radical (unpaired) electrons. The van der Waals surface area contributed by atoms with E-state index in [0.29, 0.717) is 0 Å². The van der Waals surface area contributed by atoms with Crippen LogP contribution >= 0.6 is 0 Å². The first-order chi connectivity index (χ1) is 10.6. The molecule has 1 aliphatic heterocycles. The highest BCUT2D eigenvalue weighted by Gasteiger charge is 2.63. The molecule has 6 nitrogen and oxygen atoms in total. The van der Waals surface area contributed by atoms with Gasteiger partial charge in [-0.05, 0) is 12.1 Å². The van der Waals surface area contributed by atoms with E-state index in [0.717, 1.165) is 0 Å². The van der Waals surface area contributed by atoms with E-state index in [-0.39, 0.29) is 27.8 Å². The van der Waals surface area contributed by atoms with E-state index < -0.39 is 24.2 Å². The van der Waals surface area contributed by atoms with Crippen LogP contribution in [0, 0.1) is 0 Å². The molecular weight excluding hydrogens is 317 g/mol. The number of hydrogen-bond acceptors (Lipinski definition) is 5. The zero-order chi connectivity index (χ0) is 17.4. The number of halogens is 3. The molecule has 0 saturated carbocycles. The molecule has 0 aromatic heterocycles. The number of nitrogens with zero attached hydrogens (tertiary/aromatic N) is 1. The second kappa shape index (κ2) is 5.65. The Morgan fingerprint density at radius 2 is 1.83 bits per heavy atom. The second-order valence-electron chi connectivity index (χ2n) is 4.95. The van der Waals surface area contributed by atoms with E-state index in [1.165, 1.54) is 32.4 Å². The summed E-state index contributed by atoms with van der Waals surface area (Å²) in [6, 6.07) is 3.94. The predicted molar refractivity (Wildman–Crippen MR) is 73.6 cm³/mol. The van der Waals surface area contributed by atoms with Crippen LogP contribution in [0.3, 0.4) is 0 Å². The van der Waals surface area contributed by atoms with Crippen molar-refractivity contribution in [1.29, 1.82) is 0 Å². The Balaban J connectivity index is 2.45. The van der Waals surface area contributed by atoms with Crippen molar-refractivity contribution in [2.75, 3.05) is 14.2 Å². The molecule has 1 atom stereocenters. The molecule has 1 aliphatic rings. The van der Waals surface area contributed by atoms with Crippen molar-refractivity contribution in [3.63, 3.8) is 0 Å². The van der Waals surface area contributed by atoms with Crippen molar-refractivity contribution in [2.45, 2.75) is 18.3 Å². The number of carbonyl (C=O) groups excluding carboxylic acids is 1. The molecule has 1 aromatic rings. The number of nitrogens with one attached hydrogen (secondary N) is 1. The van der Waals surface area contributed by atoms with Crippen LogP contribution in [0.2, 0.25) is 0 Å². The third kappa shape index (κ3) is 2.91. The summed E-state index contributed by atoms with van der Waals surface area (Å²) < 4.78 is 49.4. The maximum absolute atomic E-state index is 13.2. The number of benzene rings is 1. The van der Waals surface area contributed by atoms with Crippen LogP contribution in [0.15, 0.2) is 30.5 Å². The van der Waals surface area contributed by atoms with Crippen molar-refractivity contribution in [3.8, 4) is 11.5 Å². The number of rotatable bonds is 3. The minimum absolute atomic E-state index is 0.115. The minimum Gasteiger partial charge on any atom is -0.497 e. The second-order valence-corrected chi connectivity index (χ2v) is 4.95. The quantitative estimate of drug-likeness (QED) is 0.883. The van der Waals surface area contributed by atoms with Gasteiger partial charge in [-0.15, -0.1) is 0 Å². The van der Waals surface area contributed by atoms with Crippen molar-refractivity contribution < 1.29 is 32.5 Å². The van der Waals surface area contributed by atoms with Gasteiger partial charge in [-0.3, -0.25) is 10.2 Å². The summed E-state index contributed by atoms with van der Waals surface area (Å²) in [6.45, 7) is 3.34. The van der Waals surface area contributed by atoms with Gasteiger partial charge in [-0.1, -0.05) is 6.58 Å². The average Bonchev–Trinajstić information content (AvgIpc) is 2.81. The summed E-state index contributed by atoms with van der Waals surface area (Å²) in [5.74, 6) is -0.650. The molecule has 1 aromatic carbocycles. The highest BCUT2D eigenvalue weighted by atomic mass is 19.4. The number of methoxy groups -OCH3 is 2. The minimum atomic E-state index is -5.06. The number of amides is 1. The Labute approximate surface area is 130 Å². The Hall–Kier alpha value is -2.42. The van der Waals surface area contributed by atoms with Gasteiger partial charge in [0.25, 0.3) is 11.6 Å². The van der Waals surface area contributed by atoms with Gasteiger partial charge in [0, 0.05) is 23.7 Å². The SMILES string of the molecule is C=C1CC(O)(C(F)(F)F)N(C(=O)c2cc(OC)cc(OC)c2)N1. The number of hydrogen-bond donors (Lipinski definition) is 2. The highest BCUT2D eigenvalue weighted by Crippen LogP contribution is 2.41. The van der Waals surface area contributed by atoms with Gasteiger partial charge in [-0.2, -0.15) is 13.2 Å². The van der Waals surface area contributed by atoms with Gasteiger partial charge in [0.2, 0.25) is 0 Å². The molecule has 2 rings (SSSR count). The maximum atomic E-state index is 13.2. The molecule has 1 heterocycles. The molecule has 2 N–H and O–H groups in total. The van der Waals surface area contributed by atoms with Crippen LogP contribution < -0.4 is 14.9 Å². The molecule has 23 heavy (non-hydrogen) atoms. The zero-order valence-electron chi connectivity index (χ0n) is 12.4. The number of carbonyl (C=O) groups is 1. The zero-order valence-corrected chi connectivity index (χ0v) is 12.4. The summed E-state index contributed by atoms with van der Waals surface area (Å²) in [4.78, 5) is 12.4. The Kier molecular flexibility index (Phi) is 4.16. The topological polar surface area (TPSA) is 71.0 Å². The Morgan fingerprint density at radius 1 is 1.30 bits per heavy atom. The third-order valence-corrected chi connectivity index (χ3v) is 3.36. The monoisotopic (exact) mass is 332 g/mol. The molecular formula is C14H15F3N2O4. The van der Waals surface area contributed by atoms with Gasteiger partial charge in [0.1, 0.15) is 11.5 Å². The number of alkyl halides is 3. The summed E-state index contributed by atoms with van der Waals surface area (Å²) >= 11 is 0. The van der Waals surface area contributed by atoms with Crippen molar-refractivity contribution >= 4 is 5.91 Å². The smallest absolute Gasteiger partial charge is 0.438 e. The Bertz CT molecular complexity index is 625. The molecule has 1 amide bonds. The molecule has 0 spiro atoms. The fraction of sp³-hybridized carbons (Fsp3) is 0.357. The normalized spacial score (nSPS) is 21.1. The average molecular weight is 332 g/mol. The fourth-order valence-electron chi connectivity index (χ4n) is 2.17. The van der Waals surface area contributed by atoms with E-state index in [2.05, 4.69) is 12.0 Å². The van der Waals surface area contributed by atoms with Crippen molar-refractivity contribution in [3.05, 3.63) is 36.0 Å². The van der Waals surface area contributed by atoms with Crippen LogP contribution in [-0.4, -0.2) is 42.1 Å². The molecule has 126 valence electrons. The van der Waals surface area contributed by atoms with E-state index in [4.69, 9.17) is 9.47 Å². The lowest BCUT2D eigenvalue weighted by Gasteiger charge is -2.33. The van der Waals surface area contributed by atoms with Gasteiger partial charge in [0.05, 0.1) is 14.2 Å². The molecule has 0 bridgehead atoms. The van der Waals surface area contributed by atoms with Gasteiger partial charge in [-0.25, -0.2) is 5.01 Å². The van der Waals surface area contributed by atoms with E-state index in [1.807, 2.05) is 0 Å². The van der Waals surface area contributed by atoms with Gasteiger partial charge >= 0.3 is 6.18 Å². The molecule has 1 fully saturated rings. The third-order valence-electron chi connectivity index (χ3n) is 3.36. The first-order valence-electron chi connectivity index (χ1n) is 6.43. The molecule has 1 saturated heterocycles. The van der Waals surface area contributed by atoms with Crippen LogP contribution in [0.25, 0.3) is 0 Å². The Morgan fingerprint density at radius 3 is 2.26 bits per heavy atom. The molecule has 9 heteroatoms. The van der Waals surface area contributed by atoms with E-state index in [9.17, 15) is 23.1 Å². The van der Waals surface area contributed by atoms with Crippen LogP contribution in [0.4, 0.5) is 13.2 Å². The predicted octanol–water partition coefficient (Wildman–Crippen LogP) is 1.82. The lowest BCUT2D eigenvalue weighted by molar-refractivity contribution is -0.299. The van der Waals surface area contributed by atoms with Crippen LogP contribution in [0.1, 0.15) is 16.8 Å². The summed E-state index contributed by atoms with van der Waals surface area (Å²) in [6.07, 6.45) is -5.92. The first kappa shape index (κ1) is 16.9. The van der Waals surface area contributed by atoms with Gasteiger partial charge in [0.15, 0.2) is 0 Å². The van der Waals surface area contributed by atoms with Crippen LogP contribution in [0.5, 0.6) is 11.5 Å². The van der Waals surface area contributed by atoms with Crippen LogP contribution in [-0.2, 0) is 0 Å². The number of ether oxygens (including phenoxy) is 2. The standard InChI is InChI=1S/C14H15F3N2O4/c1-8-7-13(21,14(15,16)17)19(18-8)12(20)9-4-10(22-2)6-11(5-9)23-3/h4-6,18,21H,1,7H2,2-3H3. The number of hydrazine groups is 1. The lowest BCUT2D eigenvalue weighted by atomic mass is 10.1. The summed E-state index contributed by atoms with van der Waals surface area (Å²) in [5, 5.41) is 10.1. The van der Waals surface area contributed by atoms with Gasteiger partial charge < -0.3 is 14.6 Å². The first-order valence-corrected chi connectivity index (χ1v) is 6.43. The van der Waals surface area contributed by atoms with E-state index >= 15 is 0 Å². The van der Waals surface area contributed by atoms with Crippen molar-refractivity contribution in [2.24, 2.45) is 0 Å². The molecule has 1 unspecified atom stereocenters. The largest absolute Gasteiger partial charge is 0.497 e.